The number of hydrogen-bond donors (Lipinski definition) is 1. The van der Waals surface area contributed by atoms with Crippen LogP contribution in [0.1, 0.15) is 33.4 Å². The standard InChI is InChI=1S/C19H18FN3O/c1-13-7-3-4-8-14(13)17(18-21-11-12-23(18)2)22-19(24)15-9-5-6-10-16(15)20/h3-12,17H,1-2H3,(H,22,24). The zero-order chi connectivity index (χ0) is 17.1. The van der Waals surface area contributed by atoms with Crippen molar-refractivity contribution < 1.29 is 9.18 Å². The predicted octanol–water partition coefficient (Wildman–Crippen LogP) is 3.39. The first-order valence-electron chi connectivity index (χ1n) is 7.66. The van der Waals surface area contributed by atoms with Crippen molar-refractivity contribution in [2.75, 3.05) is 0 Å². The number of aryl methyl sites for hydroxylation is 2. The Morgan fingerprint density at radius 2 is 1.88 bits per heavy atom. The molecule has 1 atom stereocenters. The molecule has 1 N–H and O–H groups in total. The molecule has 0 saturated heterocycles. The minimum Gasteiger partial charge on any atom is -0.338 e. The van der Waals surface area contributed by atoms with Gasteiger partial charge in [-0.1, -0.05) is 36.4 Å². The largest absolute Gasteiger partial charge is 0.338 e. The van der Waals surface area contributed by atoms with Crippen molar-refractivity contribution in [3.8, 4) is 0 Å². The van der Waals surface area contributed by atoms with Crippen LogP contribution in [0.5, 0.6) is 0 Å². The molecule has 0 aliphatic carbocycles. The van der Waals surface area contributed by atoms with E-state index in [2.05, 4.69) is 10.3 Å². The number of imidazole rings is 1. The van der Waals surface area contributed by atoms with Crippen LogP contribution in [0.15, 0.2) is 60.9 Å². The lowest BCUT2D eigenvalue weighted by molar-refractivity contribution is 0.0937. The van der Waals surface area contributed by atoms with Gasteiger partial charge < -0.3 is 9.88 Å². The van der Waals surface area contributed by atoms with E-state index in [0.717, 1.165) is 11.1 Å². The van der Waals surface area contributed by atoms with Gasteiger partial charge in [0.1, 0.15) is 17.7 Å². The van der Waals surface area contributed by atoms with Gasteiger partial charge >= 0.3 is 0 Å². The summed E-state index contributed by atoms with van der Waals surface area (Å²) in [6, 6.07) is 13.2. The SMILES string of the molecule is Cc1ccccc1C(NC(=O)c1ccccc1F)c1nccn1C. The Labute approximate surface area is 140 Å². The van der Waals surface area contributed by atoms with E-state index in [0.29, 0.717) is 5.82 Å². The van der Waals surface area contributed by atoms with E-state index in [4.69, 9.17) is 0 Å². The van der Waals surface area contributed by atoms with Crippen molar-refractivity contribution in [2.45, 2.75) is 13.0 Å². The maximum Gasteiger partial charge on any atom is 0.255 e. The number of amides is 1. The second-order valence-electron chi connectivity index (χ2n) is 5.64. The summed E-state index contributed by atoms with van der Waals surface area (Å²) in [7, 11) is 1.86. The van der Waals surface area contributed by atoms with Crippen molar-refractivity contribution in [3.63, 3.8) is 0 Å². The van der Waals surface area contributed by atoms with Crippen LogP contribution in [0.25, 0.3) is 0 Å². The molecule has 122 valence electrons. The van der Waals surface area contributed by atoms with Crippen LogP contribution in [-0.4, -0.2) is 15.5 Å². The van der Waals surface area contributed by atoms with Crippen LogP contribution in [-0.2, 0) is 7.05 Å². The molecule has 0 bridgehead atoms. The van der Waals surface area contributed by atoms with E-state index in [1.807, 2.05) is 49.0 Å². The minimum absolute atomic E-state index is 0.0188. The molecular weight excluding hydrogens is 305 g/mol. The van der Waals surface area contributed by atoms with Crippen molar-refractivity contribution in [2.24, 2.45) is 7.05 Å². The van der Waals surface area contributed by atoms with E-state index in [1.165, 1.54) is 12.1 Å². The quantitative estimate of drug-likeness (QED) is 0.800. The second-order valence-corrected chi connectivity index (χ2v) is 5.64. The maximum atomic E-state index is 13.9. The van der Waals surface area contributed by atoms with E-state index in [1.54, 1.807) is 18.3 Å². The summed E-state index contributed by atoms with van der Waals surface area (Å²) < 4.78 is 15.8. The van der Waals surface area contributed by atoms with Gasteiger partial charge in [0, 0.05) is 19.4 Å². The van der Waals surface area contributed by atoms with Crippen LogP contribution < -0.4 is 5.32 Å². The van der Waals surface area contributed by atoms with Gasteiger partial charge in [-0.25, -0.2) is 9.37 Å². The molecule has 1 heterocycles. The highest BCUT2D eigenvalue weighted by Crippen LogP contribution is 2.24. The van der Waals surface area contributed by atoms with Crippen LogP contribution in [0.4, 0.5) is 4.39 Å². The van der Waals surface area contributed by atoms with E-state index < -0.39 is 17.8 Å². The molecule has 0 saturated carbocycles. The molecule has 24 heavy (non-hydrogen) atoms. The summed E-state index contributed by atoms with van der Waals surface area (Å²) in [6.07, 6.45) is 3.49. The van der Waals surface area contributed by atoms with Crippen LogP contribution in [0.3, 0.4) is 0 Å². The molecule has 0 spiro atoms. The molecule has 1 unspecified atom stereocenters. The number of halogens is 1. The molecule has 1 aromatic heterocycles. The van der Waals surface area contributed by atoms with Gasteiger partial charge in [0.15, 0.2) is 0 Å². The lowest BCUT2D eigenvalue weighted by atomic mass is 10.00. The molecule has 3 rings (SSSR count). The van der Waals surface area contributed by atoms with Gasteiger partial charge in [0.05, 0.1) is 5.56 Å². The molecule has 0 fully saturated rings. The first-order chi connectivity index (χ1) is 11.6. The van der Waals surface area contributed by atoms with E-state index in [9.17, 15) is 9.18 Å². The Bertz CT molecular complexity index is 872. The molecule has 0 aliphatic heterocycles. The molecule has 0 radical (unpaired) electrons. The third-order valence-corrected chi connectivity index (χ3v) is 4.01. The van der Waals surface area contributed by atoms with Crippen LogP contribution >= 0.6 is 0 Å². The number of benzene rings is 2. The molecule has 1 amide bonds. The van der Waals surface area contributed by atoms with Crippen LogP contribution in [0, 0.1) is 12.7 Å². The number of carbonyl (C=O) groups is 1. The Morgan fingerprint density at radius 1 is 1.17 bits per heavy atom. The summed E-state index contributed by atoms with van der Waals surface area (Å²) in [5.41, 5.74) is 1.97. The lowest BCUT2D eigenvalue weighted by Gasteiger charge is -2.21. The lowest BCUT2D eigenvalue weighted by Crippen LogP contribution is -2.32. The zero-order valence-corrected chi connectivity index (χ0v) is 13.5. The Morgan fingerprint density at radius 3 is 2.54 bits per heavy atom. The van der Waals surface area contributed by atoms with Crippen LogP contribution in [0.2, 0.25) is 0 Å². The Kier molecular flexibility index (Phi) is 4.42. The summed E-state index contributed by atoms with van der Waals surface area (Å²) in [5, 5.41) is 2.91. The van der Waals surface area contributed by atoms with E-state index in [-0.39, 0.29) is 5.56 Å². The number of aromatic nitrogens is 2. The highest BCUT2D eigenvalue weighted by atomic mass is 19.1. The molecule has 0 aliphatic rings. The highest BCUT2D eigenvalue weighted by Gasteiger charge is 2.23. The van der Waals surface area contributed by atoms with Gasteiger partial charge in [-0.05, 0) is 30.2 Å². The van der Waals surface area contributed by atoms with Gasteiger partial charge in [-0.3, -0.25) is 4.79 Å². The average Bonchev–Trinajstić information content (AvgIpc) is 2.99. The molecule has 5 heteroatoms. The maximum absolute atomic E-state index is 13.9. The zero-order valence-electron chi connectivity index (χ0n) is 13.5. The average molecular weight is 323 g/mol. The number of nitrogens with one attached hydrogen (secondary N) is 1. The highest BCUT2D eigenvalue weighted by molar-refractivity contribution is 5.94. The fourth-order valence-corrected chi connectivity index (χ4v) is 2.70. The summed E-state index contributed by atoms with van der Waals surface area (Å²) in [6.45, 7) is 1.97. The molecule has 4 nitrogen and oxygen atoms in total. The number of nitrogens with zero attached hydrogens (tertiary/aromatic N) is 2. The summed E-state index contributed by atoms with van der Waals surface area (Å²) in [5.74, 6) is -0.322. The Balaban J connectivity index is 2.00. The summed E-state index contributed by atoms with van der Waals surface area (Å²) >= 11 is 0. The number of carbonyl (C=O) groups excluding carboxylic acids is 1. The van der Waals surface area contributed by atoms with Gasteiger partial charge in [-0.15, -0.1) is 0 Å². The number of rotatable bonds is 4. The van der Waals surface area contributed by atoms with Gasteiger partial charge in [0.25, 0.3) is 5.91 Å². The Hall–Kier alpha value is -2.95. The normalized spacial score (nSPS) is 12.0. The molecule has 2 aromatic carbocycles. The predicted molar refractivity (Wildman–Crippen MR) is 90.1 cm³/mol. The van der Waals surface area contributed by atoms with Crippen molar-refractivity contribution in [1.82, 2.24) is 14.9 Å². The molecule has 3 aromatic rings. The first-order valence-corrected chi connectivity index (χ1v) is 7.66. The topological polar surface area (TPSA) is 46.9 Å². The van der Waals surface area contributed by atoms with Crippen molar-refractivity contribution >= 4 is 5.91 Å². The third-order valence-electron chi connectivity index (χ3n) is 4.01. The fraction of sp³-hybridized carbons (Fsp3) is 0.158. The van der Waals surface area contributed by atoms with Crippen molar-refractivity contribution in [1.29, 1.82) is 0 Å². The monoisotopic (exact) mass is 323 g/mol. The molecular formula is C19H18FN3O. The first kappa shape index (κ1) is 15.9. The second kappa shape index (κ2) is 6.66. The summed E-state index contributed by atoms with van der Waals surface area (Å²) in [4.78, 5) is 16.9. The van der Waals surface area contributed by atoms with Gasteiger partial charge in [-0.2, -0.15) is 0 Å². The number of hydrogen-bond acceptors (Lipinski definition) is 2. The van der Waals surface area contributed by atoms with E-state index >= 15 is 0 Å². The minimum atomic E-state index is -0.543. The van der Waals surface area contributed by atoms with Gasteiger partial charge in [0.2, 0.25) is 0 Å². The third kappa shape index (κ3) is 3.06. The smallest absolute Gasteiger partial charge is 0.255 e. The fourth-order valence-electron chi connectivity index (χ4n) is 2.70. The van der Waals surface area contributed by atoms with Crippen molar-refractivity contribution in [3.05, 3.63) is 89.3 Å².